The van der Waals surface area contributed by atoms with Crippen molar-refractivity contribution in [3.8, 4) is 0 Å². The normalized spacial score (nSPS) is 10.5. The molecule has 0 saturated carbocycles. The molecule has 4 nitrogen and oxygen atoms in total. The first-order valence-corrected chi connectivity index (χ1v) is 9.26. The predicted molar refractivity (Wildman–Crippen MR) is 99.6 cm³/mol. The van der Waals surface area contributed by atoms with Crippen molar-refractivity contribution < 1.29 is 9.59 Å². The fourth-order valence-electron chi connectivity index (χ4n) is 2.00. The summed E-state index contributed by atoms with van der Waals surface area (Å²) in [5.41, 5.74) is 4.87. The van der Waals surface area contributed by atoms with E-state index in [-0.39, 0.29) is 17.6 Å². The topological polar surface area (TPSA) is 58.2 Å². The van der Waals surface area contributed by atoms with E-state index in [0.29, 0.717) is 9.90 Å². The van der Waals surface area contributed by atoms with Gasteiger partial charge in [-0.15, -0.1) is 23.1 Å². The van der Waals surface area contributed by atoms with Gasteiger partial charge in [0.15, 0.2) is 0 Å². The number of carbonyl (C=O) groups is 2. The minimum Gasteiger partial charge on any atom is -0.272 e. The molecule has 0 aliphatic heterocycles. The first kappa shape index (κ1) is 16.8. The Morgan fingerprint density at radius 3 is 2.54 bits per heavy atom. The van der Waals surface area contributed by atoms with E-state index in [1.54, 1.807) is 12.1 Å². The molecule has 0 radical (unpaired) electrons. The van der Waals surface area contributed by atoms with Gasteiger partial charge in [-0.05, 0) is 41.8 Å². The van der Waals surface area contributed by atoms with Gasteiger partial charge in [-0.1, -0.05) is 29.8 Å². The summed E-state index contributed by atoms with van der Waals surface area (Å²) in [6.45, 7) is 0. The predicted octanol–water partition coefficient (Wildman–Crippen LogP) is 4.11. The molecule has 0 aliphatic rings. The number of hydrogen-bond acceptors (Lipinski definition) is 4. The van der Waals surface area contributed by atoms with Gasteiger partial charge in [-0.2, -0.15) is 0 Å². The van der Waals surface area contributed by atoms with Gasteiger partial charge >= 0.3 is 0 Å². The van der Waals surface area contributed by atoms with Crippen molar-refractivity contribution in [1.29, 1.82) is 0 Å². The Bertz CT molecular complexity index is 845. The van der Waals surface area contributed by atoms with E-state index in [0.717, 1.165) is 15.0 Å². The van der Waals surface area contributed by atoms with Crippen molar-refractivity contribution in [2.45, 2.75) is 4.90 Å². The van der Waals surface area contributed by atoms with Crippen molar-refractivity contribution in [2.75, 3.05) is 5.75 Å². The number of amides is 2. The second-order valence-electron chi connectivity index (χ2n) is 4.89. The number of thioether (sulfide) groups is 1. The van der Waals surface area contributed by atoms with Crippen LogP contribution in [0.2, 0.25) is 5.02 Å². The summed E-state index contributed by atoms with van der Waals surface area (Å²) >= 11 is 8.57. The monoisotopic (exact) mass is 376 g/mol. The van der Waals surface area contributed by atoms with Crippen LogP contribution in [-0.2, 0) is 4.79 Å². The Hall–Kier alpha value is -2.02. The zero-order chi connectivity index (χ0) is 16.9. The summed E-state index contributed by atoms with van der Waals surface area (Å²) in [6, 6.07) is 16.8. The van der Waals surface area contributed by atoms with Gasteiger partial charge in [0.25, 0.3) is 5.91 Å². The lowest BCUT2D eigenvalue weighted by Crippen LogP contribution is -2.42. The van der Waals surface area contributed by atoms with Crippen LogP contribution < -0.4 is 10.9 Å². The van der Waals surface area contributed by atoms with Crippen LogP contribution in [0.15, 0.2) is 59.5 Å². The maximum Gasteiger partial charge on any atom is 0.279 e. The lowest BCUT2D eigenvalue weighted by Gasteiger charge is -2.06. The SMILES string of the molecule is O=C(CSc1ccc(Cl)cc1)NNC(=O)c1cc2ccccc2s1. The number of fused-ring (bicyclic) bond motifs is 1. The molecule has 1 aromatic heterocycles. The molecule has 0 spiro atoms. The lowest BCUT2D eigenvalue weighted by atomic mass is 10.2. The van der Waals surface area contributed by atoms with Gasteiger partial charge in [0, 0.05) is 14.6 Å². The third-order valence-electron chi connectivity index (χ3n) is 3.15. The van der Waals surface area contributed by atoms with E-state index in [4.69, 9.17) is 11.6 Å². The van der Waals surface area contributed by atoms with Crippen LogP contribution in [0.5, 0.6) is 0 Å². The molecule has 0 saturated heterocycles. The highest BCUT2D eigenvalue weighted by Gasteiger charge is 2.11. The zero-order valence-corrected chi connectivity index (χ0v) is 14.8. The maximum atomic E-state index is 12.1. The Kier molecular flexibility index (Phi) is 5.40. The molecule has 3 rings (SSSR count). The maximum absolute atomic E-state index is 12.1. The minimum atomic E-state index is -0.318. The van der Waals surface area contributed by atoms with Crippen molar-refractivity contribution in [2.24, 2.45) is 0 Å². The number of hydrazine groups is 1. The molecule has 0 atom stereocenters. The molecule has 1 heterocycles. The molecule has 3 aromatic rings. The van der Waals surface area contributed by atoms with Crippen LogP contribution >= 0.6 is 34.7 Å². The van der Waals surface area contributed by atoms with E-state index >= 15 is 0 Å². The molecule has 2 aromatic carbocycles. The van der Waals surface area contributed by atoms with E-state index in [1.165, 1.54) is 23.1 Å². The second-order valence-corrected chi connectivity index (χ2v) is 7.46. The fourth-order valence-corrected chi connectivity index (χ4v) is 3.78. The van der Waals surface area contributed by atoms with Gasteiger partial charge in [0.05, 0.1) is 10.6 Å². The molecular formula is C17H13ClN2O2S2. The molecule has 7 heteroatoms. The number of carbonyl (C=O) groups excluding carboxylic acids is 2. The van der Waals surface area contributed by atoms with Gasteiger partial charge in [-0.3, -0.25) is 20.4 Å². The molecular weight excluding hydrogens is 364 g/mol. The smallest absolute Gasteiger partial charge is 0.272 e. The van der Waals surface area contributed by atoms with Gasteiger partial charge < -0.3 is 0 Å². The Morgan fingerprint density at radius 2 is 1.79 bits per heavy atom. The Balaban J connectivity index is 1.50. The lowest BCUT2D eigenvalue weighted by molar-refractivity contribution is -0.119. The summed E-state index contributed by atoms with van der Waals surface area (Å²) in [5.74, 6) is -0.389. The summed E-state index contributed by atoms with van der Waals surface area (Å²) in [5, 5.41) is 1.66. The average molecular weight is 377 g/mol. The first-order chi connectivity index (χ1) is 11.6. The number of hydrogen-bond donors (Lipinski definition) is 2. The molecule has 0 bridgehead atoms. The van der Waals surface area contributed by atoms with E-state index in [2.05, 4.69) is 10.9 Å². The quantitative estimate of drug-likeness (QED) is 0.532. The molecule has 122 valence electrons. The van der Waals surface area contributed by atoms with Crippen molar-refractivity contribution >= 4 is 56.6 Å². The molecule has 0 fully saturated rings. The Morgan fingerprint density at radius 1 is 1.04 bits per heavy atom. The molecule has 0 unspecified atom stereocenters. The van der Waals surface area contributed by atoms with Gasteiger partial charge in [0.1, 0.15) is 0 Å². The van der Waals surface area contributed by atoms with Crippen molar-refractivity contribution in [3.63, 3.8) is 0 Å². The van der Waals surface area contributed by atoms with Crippen LogP contribution in [0.4, 0.5) is 0 Å². The third-order valence-corrected chi connectivity index (χ3v) is 5.53. The summed E-state index contributed by atoms with van der Waals surface area (Å²) in [4.78, 5) is 25.4. The highest BCUT2D eigenvalue weighted by molar-refractivity contribution is 8.00. The number of rotatable bonds is 4. The number of benzene rings is 2. The largest absolute Gasteiger partial charge is 0.279 e. The van der Waals surface area contributed by atoms with Crippen molar-refractivity contribution in [1.82, 2.24) is 10.9 Å². The summed E-state index contributed by atoms with van der Waals surface area (Å²) in [7, 11) is 0. The fraction of sp³-hybridized carbons (Fsp3) is 0.0588. The van der Waals surface area contributed by atoms with Crippen molar-refractivity contribution in [3.05, 3.63) is 64.5 Å². The van der Waals surface area contributed by atoms with Gasteiger partial charge in [-0.25, -0.2) is 0 Å². The second kappa shape index (κ2) is 7.70. The average Bonchev–Trinajstić information content (AvgIpc) is 3.03. The van der Waals surface area contributed by atoms with E-state index in [1.807, 2.05) is 42.5 Å². The zero-order valence-electron chi connectivity index (χ0n) is 12.4. The summed E-state index contributed by atoms with van der Waals surface area (Å²) in [6.07, 6.45) is 0. The third kappa shape index (κ3) is 4.29. The number of halogens is 1. The molecule has 24 heavy (non-hydrogen) atoms. The van der Waals surface area contributed by atoms with Gasteiger partial charge in [0.2, 0.25) is 5.91 Å². The highest BCUT2D eigenvalue weighted by Crippen LogP contribution is 2.25. The van der Waals surface area contributed by atoms with Crippen LogP contribution in [0, 0.1) is 0 Å². The first-order valence-electron chi connectivity index (χ1n) is 7.08. The summed E-state index contributed by atoms with van der Waals surface area (Å²) < 4.78 is 1.03. The number of nitrogens with one attached hydrogen (secondary N) is 2. The van der Waals surface area contributed by atoms with Crippen LogP contribution in [0.3, 0.4) is 0 Å². The molecule has 2 N–H and O–H groups in total. The minimum absolute atomic E-state index is 0.203. The molecule has 0 aliphatic carbocycles. The van der Waals surface area contributed by atoms with Crippen LogP contribution in [0.1, 0.15) is 9.67 Å². The van der Waals surface area contributed by atoms with Crippen LogP contribution in [-0.4, -0.2) is 17.6 Å². The van der Waals surface area contributed by atoms with E-state index in [9.17, 15) is 9.59 Å². The number of thiophene rings is 1. The standard InChI is InChI=1S/C17H13ClN2O2S2/c18-12-5-7-13(8-6-12)23-10-16(21)19-20-17(22)15-9-11-3-1-2-4-14(11)24-15/h1-9H,10H2,(H,19,21)(H,20,22). The molecule has 2 amide bonds. The van der Waals surface area contributed by atoms with Crippen LogP contribution in [0.25, 0.3) is 10.1 Å². The highest BCUT2D eigenvalue weighted by atomic mass is 35.5. The van der Waals surface area contributed by atoms with E-state index < -0.39 is 0 Å². The Labute approximate surface area is 152 Å².